The summed E-state index contributed by atoms with van der Waals surface area (Å²) in [5.41, 5.74) is 0. The summed E-state index contributed by atoms with van der Waals surface area (Å²) in [6.45, 7) is 3.26. The third-order valence-corrected chi connectivity index (χ3v) is 2.34. The van der Waals surface area contributed by atoms with Crippen LogP contribution in [0.2, 0.25) is 0 Å². The van der Waals surface area contributed by atoms with Crippen molar-refractivity contribution in [3.8, 4) is 0 Å². The van der Waals surface area contributed by atoms with Gasteiger partial charge in [-0.05, 0) is 6.42 Å². The molecule has 1 aliphatic rings. The standard InChI is InChI=1S/C10H18O3/c1-2-3-6-13-7-8-9(11)4-5-10(8)12/h4-5,8-12H,2-3,6-7H2,1H3/t8?,9-,10+. The summed E-state index contributed by atoms with van der Waals surface area (Å²) >= 11 is 0. The van der Waals surface area contributed by atoms with E-state index in [1.807, 2.05) is 0 Å². The Morgan fingerprint density at radius 2 is 1.85 bits per heavy atom. The Kier molecular flexibility index (Phi) is 4.42. The van der Waals surface area contributed by atoms with Crippen LogP contribution < -0.4 is 0 Å². The second kappa shape index (κ2) is 5.37. The Morgan fingerprint density at radius 3 is 2.38 bits per heavy atom. The fourth-order valence-corrected chi connectivity index (χ4v) is 1.38. The molecule has 3 atom stereocenters. The molecule has 0 amide bonds. The van der Waals surface area contributed by atoms with Crippen LogP contribution in [0.4, 0.5) is 0 Å². The molecule has 1 rings (SSSR count). The van der Waals surface area contributed by atoms with Gasteiger partial charge in [-0.2, -0.15) is 0 Å². The zero-order chi connectivity index (χ0) is 9.68. The number of hydrogen-bond donors (Lipinski definition) is 2. The van der Waals surface area contributed by atoms with Crippen LogP contribution in [0, 0.1) is 5.92 Å². The normalized spacial score (nSPS) is 32.7. The topological polar surface area (TPSA) is 49.7 Å². The van der Waals surface area contributed by atoms with Crippen molar-refractivity contribution in [2.45, 2.75) is 32.0 Å². The lowest BCUT2D eigenvalue weighted by atomic mass is 10.0. The molecule has 0 aromatic heterocycles. The van der Waals surface area contributed by atoms with Crippen molar-refractivity contribution in [2.75, 3.05) is 13.2 Å². The molecule has 0 fully saturated rings. The summed E-state index contributed by atoms with van der Waals surface area (Å²) in [5.74, 6) is -0.170. The van der Waals surface area contributed by atoms with E-state index in [1.165, 1.54) is 0 Å². The molecule has 3 heteroatoms. The molecule has 13 heavy (non-hydrogen) atoms. The summed E-state index contributed by atoms with van der Waals surface area (Å²) in [5, 5.41) is 18.8. The van der Waals surface area contributed by atoms with E-state index in [2.05, 4.69) is 6.92 Å². The van der Waals surface area contributed by atoms with E-state index in [1.54, 1.807) is 12.2 Å². The van der Waals surface area contributed by atoms with Gasteiger partial charge in [0.1, 0.15) is 0 Å². The van der Waals surface area contributed by atoms with Crippen LogP contribution in [0.5, 0.6) is 0 Å². The first-order chi connectivity index (χ1) is 6.25. The Bertz CT molecular complexity index is 156. The molecular formula is C10H18O3. The fourth-order valence-electron chi connectivity index (χ4n) is 1.38. The molecule has 0 saturated carbocycles. The quantitative estimate of drug-likeness (QED) is 0.491. The van der Waals surface area contributed by atoms with Gasteiger partial charge in [-0.3, -0.25) is 0 Å². The second-order valence-corrected chi connectivity index (χ2v) is 3.46. The van der Waals surface area contributed by atoms with Crippen LogP contribution in [0.15, 0.2) is 12.2 Å². The highest BCUT2D eigenvalue weighted by Gasteiger charge is 2.28. The lowest BCUT2D eigenvalue weighted by molar-refractivity contribution is 0.00622. The van der Waals surface area contributed by atoms with Crippen LogP contribution in [0.3, 0.4) is 0 Å². The Labute approximate surface area is 79.0 Å². The van der Waals surface area contributed by atoms with Crippen molar-refractivity contribution in [1.82, 2.24) is 0 Å². The van der Waals surface area contributed by atoms with Crippen LogP contribution in [0.1, 0.15) is 19.8 Å². The molecule has 0 spiro atoms. The number of ether oxygens (including phenoxy) is 1. The summed E-state index contributed by atoms with van der Waals surface area (Å²) in [4.78, 5) is 0. The number of aliphatic hydroxyl groups excluding tert-OH is 2. The number of unbranched alkanes of at least 4 members (excludes halogenated alkanes) is 1. The van der Waals surface area contributed by atoms with Gasteiger partial charge in [0.2, 0.25) is 0 Å². The molecule has 1 aliphatic carbocycles. The van der Waals surface area contributed by atoms with Gasteiger partial charge in [-0.25, -0.2) is 0 Å². The fraction of sp³-hybridized carbons (Fsp3) is 0.800. The zero-order valence-electron chi connectivity index (χ0n) is 8.02. The first-order valence-electron chi connectivity index (χ1n) is 4.88. The first-order valence-corrected chi connectivity index (χ1v) is 4.88. The van der Waals surface area contributed by atoms with Crippen LogP contribution in [-0.4, -0.2) is 35.6 Å². The van der Waals surface area contributed by atoms with Crippen molar-refractivity contribution < 1.29 is 14.9 Å². The second-order valence-electron chi connectivity index (χ2n) is 3.46. The minimum Gasteiger partial charge on any atom is -0.389 e. The van der Waals surface area contributed by atoms with E-state index < -0.39 is 12.2 Å². The summed E-state index contributed by atoms with van der Waals surface area (Å²) in [7, 11) is 0. The highest BCUT2D eigenvalue weighted by Crippen LogP contribution is 2.19. The summed E-state index contributed by atoms with van der Waals surface area (Å²) in [6, 6.07) is 0. The first kappa shape index (κ1) is 10.7. The van der Waals surface area contributed by atoms with Gasteiger partial charge < -0.3 is 14.9 Å². The van der Waals surface area contributed by atoms with Crippen LogP contribution in [0.25, 0.3) is 0 Å². The van der Waals surface area contributed by atoms with E-state index in [9.17, 15) is 10.2 Å². The van der Waals surface area contributed by atoms with Gasteiger partial charge in [0.05, 0.1) is 18.8 Å². The average molecular weight is 186 g/mol. The number of hydrogen-bond acceptors (Lipinski definition) is 3. The zero-order valence-corrected chi connectivity index (χ0v) is 8.02. The van der Waals surface area contributed by atoms with Gasteiger partial charge in [0, 0.05) is 12.5 Å². The van der Waals surface area contributed by atoms with E-state index in [4.69, 9.17) is 4.74 Å². The maximum atomic E-state index is 9.39. The third-order valence-electron chi connectivity index (χ3n) is 2.34. The number of aliphatic hydroxyl groups is 2. The molecule has 1 unspecified atom stereocenters. The molecule has 0 aliphatic heterocycles. The maximum Gasteiger partial charge on any atom is 0.0800 e. The van der Waals surface area contributed by atoms with Crippen LogP contribution in [-0.2, 0) is 4.74 Å². The van der Waals surface area contributed by atoms with Gasteiger partial charge >= 0.3 is 0 Å². The average Bonchev–Trinajstić information content (AvgIpc) is 2.42. The molecule has 2 N–H and O–H groups in total. The smallest absolute Gasteiger partial charge is 0.0800 e. The van der Waals surface area contributed by atoms with Crippen molar-refractivity contribution >= 4 is 0 Å². The van der Waals surface area contributed by atoms with Crippen molar-refractivity contribution in [3.63, 3.8) is 0 Å². The van der Waals surface area contributed by atoms with Gasteiger partial charge in [0.25, 0.3) is 0 Å². The lowest BCUT2D eigenvalue weighted by Gasteiger charge is -2.18. The Morgan fingerprint density at radius 1 is 1.23 bits per heavy atom. The van der Waals surface area contributed by atoms with Gasteiger partial charge in [-0.1, -0.05) is 25.5 Å². The minimum atomic E-state index is -0.545. The Hall–Kier alpha value is -0.380. The Balaban J connectivity index is 2.14. The van der Waals surface area contributed by atoms with Gasteiger partial charge in [0.15, 0.2) is 0 Å². The maximum absolute atomic E-state index is 9.39. The molecule has 0 aromatic rings. The van der Waals surface area contributed by atoms with E-state index in [0.717, 1.165) is 12.8 Å². The largest absolute Gasteiger partial charge is 0.389 e. The predicted octanol–water partition coefficient (Wildman–Crippen LogP) is 0.711. The van der Waals surface area contributed by atoms with Crippen LogP contribution >= 0.6 is 0 Å². The SMILES string of the molecule is CCCCOCC1[C@H](O)C=C[C@@H]1O. The number of rotatable bonds is 5. The highest BCUT2D eigenvalue weighted by atomic mass is 16.5. The summed E-state index contributed by atoms with van der Waals surface area (Å²) in [6.07, 6.45) is 4.30. The molecule has 0 radical (unpaired) electrons. The predicted molar refractivity (Wildman–Crippen MR) is 50.4 cm³/mol. The molecule has 0 aromatic carbocycles. The molecule has 76 valence electrons. The minimum absolute atomic E-state index is 0.170. The molecule has 0 saturated heterocycles. The molecule has 3 nitrogen and oxygen atoms in total. The third kappa shape index (κ3) is 3.10. The van der Waals surface area contributed by atoms with Gasteiger partial charge in [-0.15, -0.1) is 0 Å². The molecular weight excluding hydrogens is 168 g/mol. The molecule has 0 bridgehead atoms. The highest BCUT2D eigenvalue weighted by molar-refractivity contribution is 5.08. The lowest BCUT2D eigenvalue weighted by Crippen LogP contribution is -2.28. The monoisotopic (exact) mass is 186 g/mol. The molecule has 0 heterocycles. The van der Waals surface area contributed by atoms with Crippen molar-refractivity contribution in [3.05, 3.63) is 12.2 Å². The van der Waals surface area contributed by atoms with Crippen molar-refractivity contribution in [2.24, 2.45) is 5.92 Å². The van der Waals surface area contributed by atoms with Crippen molar-refractivity contribution in [1.29, 1.82) is 0 Å². The summed E-state index contributed by atoms with van der Waals surface area (Å²) < 4.78 is 5.34. The van der Waals surface area contributed by atoms with E-state index in [0.29, 0.717) is 13.2 Å². The van der Waals surface area contributed by atoms with E-state index in [-0.39, 0.29) is 5.92 Å². The van der Waals surface area contributed by atoms with E-state index >= 15 is 0 Å².